The van der Waals surface area contributed by atoms with Crippen molar-refractivity contribution < 1.29 is 0 Å². The van der Waals surface area contributed by atoms with Gasteiger partial charge in [-0.3, -0.25) is 0 Å². The Balaban J connectivity index is 1.32. The van der Waals surface area contributed by atoms with Crippen LogP contribution in [0.25, 0.3) is 0 Å². The molecule has 1 aromatic rings. The van der Waals surface area contributed by atoms with E-state index in [4.69, 9.17) is 0 Å². The van der Waals surface area contributed by atoms with Gasteiger partial charge >= 0.3 is 0 Å². The largest absolute Gasteiger partial charge is 0.313 e. The first-order valence-corrected chi connectivity index (χ1v) is 9.14. The lowest BCUT2D eigenvalue weighted by Crippen LogP contribution is -2.41. The van der Waals surface area contributed by atoms with Gasteiger partial charge in [-0.15, -0.1) is 0 Å². The third kappa shape index (κ3) is 2.16. The van der Waals surface area contributed by atoms with Gasteiger partial charge in [0.2, 0.25) is 0 Å². The fraction of sp³-hybridized carbons (Fsp3) is 0.700. The highest BCUT2D eigenvalue weighted by Gasteiger charge is 2.54. The van der Waals surface area contributed by atoms with Crippen LogP contribution in [0.4, 0.5) is 0 Å². The lowest BCUT2D eigenvalue weighted by molar-refractivity contribution is 0.296. The number of fused-ring (bicyclic) bond motifs is 3. The summed E-state index contributed by atoms with van der Waals surface area (Å²) in [4.78, 5) is 0. The molecule has 0 amide bonds. The Morgan fingerprint density at radius 3 is 2.05 bits per heavy atom. The Hall–Kier alpha value is -0.820. The molecule has 5 rings (SSSR count). The van der Waals surface area contributed by atoms with Gasteiger partial charge in [0.1, 0.15) is 0 Å². The minimum atomic E-state index is 0.749. The zero-order valence-electron chi connectivity index (χ0n) is 13.0. The van der Waals surface area contributed by atoms with Gasteiger partial charge in [-0.05, 0) is 85.7 Å². The smallest absolute Gasteiger partial charge is 0.0130 e. The summed E-state index contributed by atoms with van der Waals surface area (Å²) in [6.07, 6.45) is 11.6. The fourth-order valence-electron chi connectivity index (χ4n) is 5.39. The molecular formula is C20H27N. The molecule has 3 saturated carbocycles. The van der Waals surface area contributed by atoms with Gasteiger partial charge in [-0.2, -0.15) is 0 Å². The van der Waals surface area contributed by atoms with Crippen LogP contribution in [0.15, 0.2) is 24.3 Å². The van der Waals surface area contributed by atoms with Gasteiger partial charge in [0.05, 0.1) is 0 Å². The normalized spacial score (nSPS) is 36.1. The highest BCUT2D eigenvalue weighted by molar-refractivity contribution is 5.31. The zero-order valence-corrected chi connectivity index (χ0v) is 13.0. The van der Waals surface area contributed by atoms with Gasteiger partial charge in [-0.1, -0.05) is 24.3 Å². The minimum absolute atomic E-state index is 0.749. The molecule has 4 aliphatic rings. The van der Waals surface area contributed by atoms with E-state index in [2.05, 4.69) is 29.6 Å². The molecular weight excluding hydrogens is 254 g/mol. The van der Waals surface area contributed by atoms with Crippen LogP contribution in [0.1, 0.15) is 49.7 Å². The lowest BCUT2D eigenvalue weighted by Gasteiger charge is -2.27. The maximum Gasteiger partial charge on any atom is 0.0130 e. The van der Waals surface area contributed by atoms with E-state index in [0.29, 0.717) is 0 Å². The average Bonchev–Trinajstić information content (AvgIpc) is 3.35. The molecule has 1 nitrogen and oxygen atoms in total. The molecule has 0 saturated heterocycles. The van der Waals surface area contributed by atoms with Gasteiger partial charge in [-0.25, -0.2) is 0 Å². The van der Waals surface area contributed by atoms with Crippen molar-refractivity contribution in [1.29, 1.82) is 0 Å². The molecule has 21 heavy (non-hydrogen) atoms. The molecule has 3 fully saturated rings. The lowest BCUT2D eigenvalue weighted by atomic mass is 9.93. The second kappa shape index (κ2) is 4.59. The van der Waals surface area contributed by atoms with Crippen LogP contribution < -0.4 is 5.32 Å². The number of rotatable bonds is 4. The van der Waals surface area contributed by atoms with Gasteiger partial charge in [0.25, 0.3) is 0 Å². The Labute approximate surface area is 128 Å². The Morgan fingerprint density at radius 2 is 1.52 bits per heavy atom. The molecule has 0 aliphatic heterocycles. The highest BCUT2D eigenvalue weighted by Crippen LogP contribution is 2.61. The van der Waals surface area contributed by atoms with Crippen molar-refractivity contribution >= 4 is 0 Å². The summed E-state index contributed by atoms with van der Waals surface area (Å²) >= 11 is 0. The third-order valence-electron chi connectivity index (χ3n) is 7.03. The summed E-state index contributed by atoms with van der Waals surface area (Å²) in [5.74, 6) is 2.88. The number of benzene rings is 1. The molecule has 0 radical (unpaired) electrons. The SMILES string of the molecule is c1ccc2c(c1)CC1CCC(C2)C1NCC1(C2CC2)CC1. The molecule has 112 valence electrons. The second-order valence-electron chi connectivity index (χ2n) is 8.32. The summed E-state index contributed by atoms with van der Waals surface area (Å²) in [6, 6.07) is 10.0. The van der Waals surface area contributed by atoms with Crippen LogP contribution >= 0.6 is 0 Å². The van der Waals surface area contributed by atoms with Crippen LogP contribution in [0.5, 0.6) is 0 Å². The van der Waals surface area contributed by atoms with Crippen molar-refractivity contribution in [3.05, 3.63) is 35.4 Å². The van der Waals surface area contributed by atoms with E-state index in [0.717, 1.165) is 29.2 Å². The number of nitrogens with one attached hydrogen (secondary N) is 1. The number of hydrogen-bond donors (Lipinski definition) is 1. The summed E-state index contributed by atoms with van der Waals surface area (Å²) in [7, 11) is 0. The summed E-state index contributed by atoms with van der Waals surface area (Å²) < 4.78 is 0. The molecule has 0 aromatic heterocycles. The Morgan fingerprint density at radius 1 is 0.905 bits per heavy atom. The van der Waals surface area contributed by atoms with Gasteiger partial charge in [0.15, 0.2) is 0 Å². The van der Waals surface area contributed by atoms with E-state index >= 15 is 0 Å². The van der Waals surface area contributed by atoms with Gasteiger partial charge < -0.3 is 5.32 Å². The first-order chi connectivity index (χ1) is 10.3. The van der Waals surface area contributed by atoms with Crippen molar-refractivity contribution in [3.63, 3.8) is 0 Å². The average molecular weight is 281 g/mol. The van der Waals surface area contributed by atoms with E-state index in [1.807, 2.05) is 0 Å². The maximum atomic E-state index is 4.08. The molecule has 4 aliphatic carbocycles. The molecule has 1 aromatic carbocycles. The standard InChI is InChI=1S/C20H27N/c1-2-4-15-12-17-6-5-16(11-14(15)3-1)19(17)21-13-20(9-10-20)18-7-8-18/h1-4,16-19,21H,5-13H2. The van der Waals surface area contributed by atoms with Crippen molar-refractivity contribution in [2.45, 2.75) is 57.4 Å². The first-order valence-electron chi connectivity index (χ1n) is 9.14. The molecule has 0 spiro atoms. The highest BCUT2D eigenvalue weighted by atomic mass is 15.0. The minimum Gasteiger partial charge on any atom is -0.313 e. The predicted molar refractivity (Wildman–Crippen MR) is 86.2 cm³/mol. The van der Waals surface area contributed by atoms with Crippen LogP contribution in [-0.2, 0) is 12.8 Å². The topological polar surface area (TPSA) is 12.0 Å². The Bertz CT molecular complexity index is 508. The molecule has 0 heterocycles. The number of hydrogen-bond acceptors (Lipinski definition) is 1. The Kier molecular flexibility index (Phi) is 2.77. The summed E-state index contributed by atoms with van der Waals surface area (Å²) in [5, 5.41) is 4.08. The molecule has 2 atom stereocenters. The maximum absolute atomic E-state index is 4.08. The molecule has 2 unspecified atom stereocenters. The second-order valence-corrected chi connectivity index (χ2v) is 8.32. The van der Waals surface area contributed by atoms with Crippen LogP contribution in [0.2, 0.25) is 0 Å². The van der Waals surface area contributed by atoms with E-state index in [1.54, 1.807) is 11.1 Å². The third-order valence-corrected chi connectivity index (χ3v) is 7.03. The van der Waals surface area contributed by atoms with Crippen LogP contribution in [-0.4, -0.2) is 12.6 Å². The molecule has 1 N–H and O–H groups in total. The quantitative estimate of drug-likeness (QED) is 0.881. The van der Waals surface area contributed by atoms with Crippen molar-refractivity contribution in [2.24, 2.45) is 23.2 Å². The predicted octanol–water partition coefficient (Wildman–Crippen LogP) is 3.96. The zero-order chi connectivity index (χ0) is 13.9. The fourth-order valence-corrected chi connectivity index (χ4v) is 5.39. The summed E-state index contributed by atoms with van der Waals surface area (Å²) in [6.45, 7) is 1.33. The van der Waals surface area contributed by atoms with E-state index in [1.165, 1.54) is 57.9 Å². The van der Waals surface area contributed by atoms with Crippen molar-refractivity contribution in [1.82, 2.24) is 5.32 Å². The van der Waals surface area contributed by atoms with Crippen molar-refractivity contribution in [3.8, 4) is 0 Å². The first kappa shape index (κ1) is 12.7. The molecule has 1 heteroatoms. The summed E-state index contributed by atoms with van der Waals surface area (Å²) in [5.41, 5.74) is 4.03. The molecule has 2 bridgehead atoms. The van der Waals surface area contributed by atoms with E-state index < -0.39 is 0 Å². The van der Waals surface area contributed by atoms with E-state index in [-0.39, 0.29) is 0 Å². The van der Waals surface area contributed by atoms with Crippen LogP contribution in [0, 0.1) is 23.2 Å². The van der Waals surface area contributed by atoms with Crippen molar-refractivity contribution in [2.75, 3.05) is 6.54 Å². The monoisotopic (exact) mass is 281 g/mol. The van der Waals surface area contributed by atoms with Crippen LogP contribution in [0.3, 0.4) is 0 Å². The van der Waals surface area contributed by atoms with E-state index in [9.17, 15) is 0 Å². The van der Waals surface area contributed by atoms with Gasteiger partial charge in [0, 0.05) is 12.6 Å².